The van der Waals surface area contributed by atoms with Crippen LogP contribution in [0.3, 0.4) is 0 Å². The van der Waals surface area contributed by atoms with Crippen LogP contribution in [0.25, 0.3) is 0 Å². The van der Waals surface area contributed by atoms with Crippen LogP contribution in [0.4, 0.5) is 11.4 Å². The Bertz CT molecular complexity index is 1120. The van der Waals surface area contributed by atoms with Gasteiger partial charge in [-0.25, -0.2) is 0 Å². The molecule has 2 N–H and O–H groups in total. The van der Waals surface area contributed by atoms with Gasteiger partial charge in [0.15, 0.2) is 11.5 Å². The molecule has 4 rings (SSSR count). The van der Waals surface area contributed by atoms with Crippen LogP contribution in [0.5, 0.6) is 11.5 Å². The first-order chi connectivity index (χ1) is 16.9. The normalized spacial score (nSPS) is 13.5. The molecule has 2 aliphatic rings. The second kappa shape index (κ2) is 16.4. The quantitative estimate of drug-likeness (QED) is 0.272. The Kier molecular flexibility index (Phi) is 15.0. The van der Waals surface area contributed by atoms with Gasteiger partial charge in [0.2, 0.25) is 0 Å². The predicted octanol–water partition coefficient (Wildman–Crippen LogP) is 7.94. The van der Waals surface area contributed by atoms with Crippen molar-refractivity contribution in [2.45, 2.75) is 54.4 Å². The van der Waals surface area contributed by atoms with Gasteiger partial charge in [0.05, 0.1) is 9.85 Å². The molecule has 0 amide bonds. The molecule has 0 spiro atoms. The fourth-order valence-electron chi connectivity index (χ4n) is 3.14. The maximum Gasteiger partial charge on any atom is 0.310 e. The third kappa shape index (κ3) is 11.1. The summed E-state index contributed by atoms with van der Waals surface area (Å²) in [5, 5.41) is 37.8. The van der Waals surface area contributed by atoms with E-state index in [4.69, 9.17) is 10.2 Å². The van der Waals surface area contributed by atoms with Crippen LogP contribution in [0, 0.1) is 20.2 Å². The number of rotatable bonds is 2. The fraction of sp³-hybridized carbons (Fsp3) is 0.286. The van der Waals surface area contributed by atoms with Crippen molar-refractivity contribution in [2.24, 2.45) is 0 Å². The van der Waals surface area contributed by atoms with Crippen LogP contribution in [-0.2, 0) is 26.2 Å². The molecule has 2 aromatic rings. The third-order valence-corrected chi connectivity index (χ3v) is 6.05. The Morgan fingerprint density at radius 1 is 0.622 bits per heavy atom. The van der Waals surface area contributed by atoms with Gasteiger partial charge in [0, 0.05) is 38.3 Å². The van der Waals surface area contributed by atoms with E-state index in [0.717, 1.165) is 0 Å². The van der Waals surface area contributed by atoms with Crippen molar-refractivity contribution in [3.63, 3.8) is 0 Å². The zero-order chi connectivity index (χ0) is 27.4. The van der Waals surface area contributed by atoms with Crippen molar-refractivity contribution in [3.8, 4) is 11.5 Å². The number of phenols is 2. The van der Waals surface area contributed by atoms with Gasteiger partial charge in [-0.05, 0) is 77.7 Å². The Labute approximate surface area is 237 Å². The summed E-state index contributed by atoms with van der Waals surface area (Å²) in [5.41, 5.74) is 8.44. The number of hydrogen-bond acceptors (Lipinski definition) is 6. The number of nitrogens with zero attached hydrogens (tertiary/aromatic N) is 2. The maximum atomic E-state index is 10.1. The van der Waals surface area contributed by atoms with E-state index in [9.17, 15) is 20.2 Å². The molecule has 2 aromatic carbocycles. The molecule has 9 heteroatoms. The maximum absolute atomic E-state index is 10.1. The molecule has 196 valence electrons. The minimum absolute atomic E-state index is 0. The average Bonchev–Trinajstić information content (AvgIpc) is 3.30. The number of aromatic hydroxyl groups is 2. The molecule has 0 aromatic heterocycles. The van der Waals surface area contributed by atoms with Crippen LogP contribution in [-0.4, -0.2) is 20.1 Å². The van der Waals surface area contributed by atoms with Gasteiger partial charge in [0.1, 0.15) is 0 Å². The first-order valence-electron chi connectivity index (χ1n) is 11.4. The standard InChI is InChI=1S/2C8H12.2C6H5NO3.Zr/c2*1-6-4-5-7(2)8(6)3;2*8-6-4-2-1-3-5(6)7(9)10;/h2*4H,5H2,1-3H3;2*1-4,8H;. The summed E-state index contributed by atoms with van der Waals surface area (Å²) in [4.78, 5) is 18.9. The van der Waals surface area contributed by atoms with E-state index >= 15 is 0 Å². The molecule has 0 atom stereocenters. The average molecular weight is 586 g/mol. The zero-order valence-corrected chi connectivity index (χ0v) is 24.6. The van der Waals surface area contributed by atoms with Crippen molar-refractivity contribution in [3.05, 3.63) is 114 Å². The molecular weight excluding hydrogens is 552 g/mol. The van der Waals surface area contributed by atoms with Crippen LogP contribution >= 0.6 is 0 Å². The van der Waals surface area contributed by atoms with E-state index in [1.165, 1.54) is 94.8 Å². The monoisotopic (exact) mass is 584 g/mol. The second-order valence-corrected chi connectivity index (χ2v) is 8.48. The number of phenolic OH excluding ortho intramolecular Hbond substituents is 2. The molecule has 0 saturated heterocycles. The van der Waals surface area contributed by atoms with E-state index in [1.807, 2.05) is 0 Å². The minimum atomic E-state index is -0.630. The van der Waals surface area contributed by atoms with E-state index < -0.39 is 9.85 Å². The molecule has 2 aliphatic carbocycles. The summed E-state index contributed by atoms with van der Waals surface area (Å²) in [6.45, 7) is 13.1. The summed E-state index contributed by atoms with van der Waals surface area (Å²) in [5.74, 6) is -0.597. The van der Waals surface area contributed by atoms with Crippen LogP contribution < -0.4 is 0 Å². The van der Waals surface area contributed by atoms with Gasteiger partial charge in [-0.2, -0.15) is 0 Å². The predicted molar refractivity (Wildman–Crippen MR) is 143 cm³/mol. The molecule has 37 heavy (non-hydrogen) atoms. The van der Waals surface area contributed by atoms with Gasteiger partial charge < -0.3 is 10.2 Å². The second-order valence-electron chi connectivity index (χ2n) is 8.48. The first kappa shape index (κ1) is 33.7. The Morgan fingerprint density at radius 2 is 0.919 bits per heavy atom. The van der Waals surface area contributed by atoms with E-state index in [-0.39, 0.29) is 49.1 Å². The molecule has 0 aliphatic heterocycles. The summed E-state index contributed by atoms with van der Waals surface area (Å²) >= 11 is 0. The largest absolute Gasteiger partial charge is 0.502 e. The number of benzene rings is 2. The van der Waals surface area contributed by atoms with Gasteiger partial charge in [-0.3, -0.25) is 20.2 Å². The van der Waals surface area contributed by atoms with E-state index in [2.05, 4.69) is 53.7 Å². The van der Waals surface area contributed by atoms with E-state index in [0.29, 0.717) is 0 Å². The number of nitro benzene ring substituents is 2. The topological polar surface area (TPSA) is 127 Å². The number of allylic oxidation sites excluding steroid dienone is 8. The summed E-state index contributed by atoms with van der Waals surface area (Å²) < 4.78 is 0. The summed E-state index contributed by atoms with van der Waals surface area (Å²) in [6, 6.07) is 11.1. The molecule has 0 radical (unpaired) electrons. The van der Waals surface area contributed by atoms with Crippen molar-refractivity contribution in [2.75, 3.05) is 0 Å². The van der Waals surface area contributed by atoms with Crippen molar-refractivity contribution < 1.29 is 46.3 Å². The van der Waals surface area contributed by atoms with Gasteiger partial charge in [-0.1, -0.05) is 58.7 Å². The van der Waals surface area contributed by atoms with Gasteiger partial charge in [0.25, 0.3) is 0 Å². The van der Waals surface area contributed by atoms with Crippen LogP contribution in [0.15, 0.2) is 94.1 Å². The zero-order valence-electron chi connectivity index (χ0n) is 22.1. The van der Waals surface area contributed by atoms with Crippen molar-refractivity contribution in [1.29, 1.82) is 0 Å². The molecule has 0 fully saturated rings. The smallest absolute Gasteiger partial charge is 0.310 e. The molecule has 0 heterocycles. The molecule has 0 bridgehead atoms. The molecule has 0 unspecified atom stereocenters. The molecule has 8 nitrogen and oxygen atoms in total. The van der Waals surface area contributed by atoms with Crippen molar-refractivity contribution >= 4 is 11.4 Å². The number of hydrogen-bond donors (Lipinski definition) is 2. The van der Waals surface area contributed by atoms with E-state index in [1.54, 1.807) is 0 Å². The minimum Gasteiger partial charge on any atom is -0.502 e. The molecular formula is C28H34N2O6Zr. The Balaban J connectivity index is 0.000000465. The first-order valence-corrected chi connectivity index (χ1v) is 11.4. The van der Waals surface area contributed by atoms with Gasteiger partial charge in [-0.15, -0.1) is 0 Å². The SMILES string of the molecule is CC1=CCC(C)=C1C.CC1=CCC(C)=C1C.O=[N+]([O-])c1ccccc1O.O=[N+]([O-])c1ccccc1O.[Zr]. The summed E-state index contributed by atoms with van der Waals surface area (Å²) in [6.07, 6.45) is 6.92. The van der Waals surface area contributed by atoms with Crippen LogP contribution in [0.2, 0.25) is 0 Å². The Hall–Kier alpha value is -3.32. The summed E-state index contributed by atoms with van der Waals surface area (Å²) in [7, 11) is 0. The van der Waals surface area contributed by atoms with Crippen molar-refractivity contribution in [1.82, 2.24) is 0 Å². The van der Waals surface area contributed by atoms with Crippen LogP contribution in [0.1, 0.15) is 54.4 Å². The number of para-hydroxylation sites is 4. The number of nitro groups is 2. The Morgan fingerprint density at radius 3 is 1.05 bits per heavy atom. The van der Waals surface area contributed by atoms with Gasteiger partial charge >= 0.3 is 11.4 Å². The third-order valence-electron chi connectivity index (χ3n) is 6.05. The molecule has 0 saturated carbocycles. The fourth-order valence-corrected chi connectivity index (χ4v) is 3.14.